The topological polar surface area (TPSA) is 41.6 Å². The van der Waals surface area contributed by atoms with Crippen LogP contribution >= 0.6 is 0 Å². The second-order valence-electron chi connectivity index (χ2n) is 7.32. The molecule has 0 fully saturated rings. The van der Waals surface area contributed by atoms with E-state index in [4.69, 9.17) is 9.97 Å². The Bertz CT molecular complexity index is 1340. The SMILES string of the molecule is Cc1cccccc2nc(c(-c3ccccc3)c3ccc(cc4nc1C=C4)[nH]3)C=C2. The highest BCUT2D eigenvalue weighted by Gasteiger charge is 2.10. The molecule has 0 saturated carbocycles. The molecule has 0 aliphatic carbocycles. The van der Waals surface area contributed by atoms with E-state index in [9.17, 15) is 0 Å². The summed E-state index contributed by atoms with van der Waals surface area (Å²) in [6, 6.07) is 26.8. The van der Waals surface area contributed by atoms with E-state index in [0.29, 0.717) is 0 Å². The Morgan fingerprint density at radius 3 is 2.20 bits per heavy atom. The molecule has 0 atom stereocenters. The number of rotatable bonds is 1. The highest BCUT2D eigenvalue weighted by atomic mass is 14.8. The zero-order valence-corrected chi connectivity index (χ0v) is 16.7. The molecule has 144 valence electrons. The van der Waals surface area contributed by atoms with Gasteiger partial charge in [0.1, 0.15) is 0 Å². The van der Waals surface area contributed by atoms with Crippen LogP contribution in [0.1, 0.15) is 28.3 Å². The van der Waals surface area contributed by atoms with E-state index in [2.05, 4.69) is 78.7 Å². The number of hydrogen-bond acceptors (Lipinski definition) is 2. The lowest BCUT2D eigenvalue weighted by Gasteiger charge is -2.03. The number of hydrogen-bond donors (Lipinski definition) is 1. The van der Waals surface area contributed by atoms with Crippen LogP contribution in [-0.4, -0.2) is 15.0 Å². The molecule has 0 unspecified atom stereocenters. The number of H-pyrrole nitrogens is 1. The molecule has 0 saturated heterocycles. The largest absolute Gasteiger partial charge is 0.355 e. The lowest BCUT2D eigenvalue weighted by atomic mass is 10.0. The Hall–Kier alpha value is -3.98. The second-order valence-corrected chi connectivity index (χ2v) is 7.32. The van der Waals surface area contributed by atoms with Crippen LogP contribution in [0.15, 0.2) is 78.9 Å². The number of nitrogens with zero attached hydrogens (tertiary/aromatic N) is 2. The number of aromatic nitrogens is 3. The van der Waals surface area contributed by atoms with Crippen molar-refractivity contribution < 1.29 is 0 Å². The Balaban J connectivity index is 1.84. The first kappa shape index (κ1) is 18.1. The van der Waals surface area contributed by atoms with Gasteiger partial charge in [-0.3, -0.25) is 0 Å². The molecule has 1 N–H and O–H groups in total. The summed E-state index contributed by atoms with van der Waals surface area (Å²) in [7, 11) is 0. The minimum Gasteiger partial charge on any atom is -0.355 e. The third kappa shape index (κ3) is 3.65. The lowest BCUT2D eigenvalue weighted by molar-refractivity contribution is 1.27. The smallest absolute Gasteiger partial charge is 0.0736 e. The summed E-state index contributed by atoms with van der Waals surface area (Å²) in [6.07, 6.45) is 8.24. The van der Waals surface area contributed by atoms with E-state index in [1.165, 1.54) is 0 Å². The summed E-state index contributed by atoms with van der Waals surface area (Å²) in [6.45, 7) is 2.08. The number of fused-ring (bicyclic) bond motifs is 6. The average molecular weight is 387 g/mol. The quantitative estimate of drug-likeness (QED) is 0.347. The van der Waals surface area contributed by atoms with E-state index in [1.807, 2.05) is 36.4 Å². The van der Waals surface area contributed by atoms with Crippen LogP contribution in [0.25, 0.3) is 46.5 Å². The van der Waals surface area contributed by atoms with Gasteiger partial charge in [-0.25, -0.2) is 9.97 Å². The van der Waals surface area contributed by atoms with Gasteiger partial charge in [-0.05, 0) is 66.6 Å². The van der Waals surface area contributed by atoms with Crippen LogP contribution in [0.2, 0.25) is 0 Å². The van der Waals surface area contributed by atoms with Gasteiger partial charge >= 0.3 is 0 Å². The van der Waals surface area contributed by atoms with E-state index in [0.717, 1.165) is 50.5 Å². The fourth-order valence-corrected chi connectivity index (χ4v) is 3.64. The number of aromatic amines is 1. The van der Waals surface area contributed by atoms with Crippen molar-refractivity contribution in [1.29, 1.82) is 0 Å². The molecule has 30 heavy (non-hydrogen) atoms. The van der Waals surface area contributed by atoms with Gasteiger partial charge in [0.15, 0.2) is 0 Å². The number of benzene rings is 1. The molecule has 2 aliphatic rings. The van der Waals surface area contributed by atoms with Gasteiger partial charge in [0.2, 0.25) is 0 Å². The third-order valence-electron chi connectivity index (χ3n) is 5.16. The molecular formula is C27H21N3. The van der Waals surface area contributed by atoms with Crippen molar-refractivity contribution in [3.05, 3.63) is 107 Å². The summed E-state index contributed by atoms with van der Waals surface area (Å²) >= 11 is 0. The Morgan fingerprint density at radius 2 is 1.33 bits per heavy atom. The fraction of sp³-hybridized carbons (Fsp3) is 0.0370. The molecular weight excluding hydrogens is 366 g/mol. The highest BCUT2D eigenvalue weighted by molar-refractivity contribution is 5.90. The van der Waals surface area contributed by atoms with Crippen molar-refractivity contribution in [2.24, 2.45) is 0 Å². The number of aryl methyl sites for hydroxylation is 1. The Morgan fingerprint density at radius 1 is 0.633 bits per heavy atom. The standard InChI is InChI=1S/C27H21N3/c1-19-8-4-2-7-11-21-12-16-25(28-21)27(20-9-5-3-6-10-20)26-17-14-23(30-26)18-22-13-15-24(19)29-22/h2-18,30H,1H3. The lowest BCUT2D eigenvalue weighted by Crippen LogP contribution is -1.84. The number of nitrogens with one attached hydrogen (secondary N) is 1. The molecule has 0 amide bonds. The van der Waals surface area contributed by atoms with E-state index < -0.39 is 0 Å². The molecule has 6 bridgehead atoms. The van der Waals surface area contributed by atoms with E-state index in [-0.39, 0.29) is 0 Å². The molecule has 0 radical (unpaired) electrons. The first-order valence-corrected chi connectivity index (χ1v) is 10.0. The maximum Gasteiger partial charge on any atom is 0.0736 e. The highest BCUT2D eigenvalue weighted by Crippen LogP contribution is 2.29. The third-order valence-corrected chi connectivity index (χ3v) is 5.16. The van der Waals surface area contributed by atoms with Gasteiger partial charge in [0, 0.05) is 16.6 Å². The molecule has 4 heterocycles. The van der Waals surface area contributed by atoms with Crippen LogP contribution in [0, 0.1) is 6.92 Å². The summed E-state index contributed by atoms with van der Waals surface area (Å²) in [5.74, 6) is 0. The molecule has 2 aromatic heterocycles. The zero-order valence-electron chi connectivity index (χ0n) is 16.7. The molecule has 3 heteroatoms. The fourth-order valence-electron chi connectivity index (χ4n) is 3.64. The van der Waals surface area contributed by atoms with Crippen molar-refractivity contribution in [1.82, 2.24) is 15.0 Å². The minimum absolute atomic E-state index is 0.938. The van der Waals surface area contributed by atoms with Gasteiger partial charge in [-0.1, -0.05) is 54.6 Å². The minimum atomic E-state index is 0.938. The van der Waals surface area contributed by atoms with Gasteiger partial charge < -0.3 is 4.98 Å². The van der Waals surface area contributed by atoms with Gasteiger partial charge in [-0.15, -0.1) is 0 Å². The van der Waals surface area contributed by atoms with Crippen LogP contribution in [0.3, 0.4) is 0 Å². The average Bonchev–Trinajstić information content (AvgIpc) is 3.51. The Labute approximate surface area is 175 Å². The van der Waals surface area contributed by atoms with Crippen molar-refractivity contribution >= 4 is 35.3 Å². The molecule has 3 aromatic rings. The maximum absolute atomic E-state index is 4.86. The second kappa shape index (κ2) is 7.80. The summed E-state index contributed by atoms with van der Waals surface area (Å²) in [5.41, 5.74) is 9.21. The van der Waals surface area contributed by atoms with Crippen molar-refractivity contribution in [2.75, 3.05) is 0 Å². The molecule has 2 aliphatic heterocycles. The van der Waals surface area contributed by atoms with Gasteiger partial charge in [0.05, 0.1) is 22.8 Å². The van der Waals surface area contributed by atoms with Gasteiger partial charge in [-0.2, -0.15) is 0 Å². The summed E-state index contributed by atoms with van der Waals surface area (Å²) in [4.78, 5) is 13.2. The monoisotopic (exact) mass is 387 g/mol. The zero-order chi connectivity index (χ0) is 20.3. The van der Waals surface area contributed by atoms with Crippen LogP contribution in [0.4, 0.5) is 0 Å². The first-order valence-electron chi connectivity index (χ1n) is 10.0. The molecule has 0 spiro atoms. The summed E-state index contributed by atoms with van der Waals surface area (Å²) < 4.78 is 0. The Kier molecular flexibility index (Phi) is 4.70. The normalized spacial score (nSPS) is 11.9. The first-order chi connectivity index (χ1) is 14.8. The predicted octanol–water partition coefficient (Wildman–Crippen LogP) is 6.71. The molecule has 3 nitrogen and oxygen atoms in total. The van der Waals surface area contributed by atoms with Crippen molar-refractivity contribution in [3.63, 3.8) is 0 Å². The van der Waals surface area contributed by atoms with Crippen molar-refractivity contribution in [3.8, 4) is 11.1 Å². The predicted molar refractivity (Wildman–Crippen MR) is 126 cm³/mol. The van der Waals surface area contributed by atoms with Crippen LogP contribution < -0.4 is 0 Å². The van der Waals surface area contributed by atoms with Crippen molar-refractivity contribution in [2.45, 2.75) is 6.92 Å². The van der Waals surface area contributed by atoms with E-state index >= 15 is 0 Å². The van der Waals surface area contributed by atoms with E-state index in [1.54, 1.807) is 0 Å². The molecule has 5 rings (SSSR count). The van der Waals surface area contributed by atoms with Gasteiger partial charge in [0.25, 0.3) is 0 Å². The molecule has 1 aromatic carbocycles. The van der Waals surface area contributed by atoms with Crippen LogP contribution in [0.5, 0.6) is 0 Å². The van der Waals surface area contributed by atoms with Crippen LogP contribution in [-0.2, 0) is 0 Å². The maximum atomic E-state index is 4.86. The summed E-state index contributed by atoms with van der Waals surface area (Å²) in [5, 5.41) is 0.